The molecule has 3 aliphatic rings. The van der Waals surface area contributed by atoms with Crippen LogP contribution in [0.15, 0.2) is 48.5 Å². The molecule has 1 amide bonds. The molecule has 0 bridgehead atoms. The topological polar surface area (TPSA) is 32.8 Å². The van der Waals surface area contributed by atoms with E-state index >= 15 is 0 Å². The Morgan fingerprint density at radius 3 is 2.41 bits per heavy atom. The highest BCUT2D eigenvalue weighted by molar-refractivity contribution is 5.77. The van der Waals surface area contributed by atoms with Crippen molar-refractivity contribution in [3.63, 3.8) is 0 Å². The Kier molecular flexibility index (Phi) is 5.04. The second kappa shape index (κ2) is 7.83. The van der Waals surface area contributed by atoms with E-state index < -0.39 is 0 Å². The summed E-state index contributed by atoms with van der Waals surface area (Å²) < 4.78 is 5.26. The quantitative estimate of drug-likeness (QED) is 0.798. The predicted molar refractivity (Wildman–Crippen MR) is 114 cm³/mol. The minimum atomic E-state index is 0.323. The number of amides is 1. The van der Waals surface area contributed by atoms with E-state index in [1.807, 2.05) is 12.1 Å². The number of carbonyl (C=O) groups is 1. The highest BCUT2D eigenvalue weighted by Crippen LogP contribution is 2.35. The largest absolute Gasteiger partial charge is 0.497 e. The van der Waals surface area contributed by atoms with Crippen LogP contribution in [-0.4, -0.2) is 48.0 Å². The lowest BCUT2D eigenvalue weighted by atomic mass is 9.82. The fraction of sp³-hybridized carbons (Fsp3) is 0.480. The van der Waals surface area contributed by atoms with E-state index in [9.17, 15) is 4.79 Å². The Hall–Kier alpha value is -2.33. The second-order valence-corrected chi connectivity index (χ2v) is 8.85. The van der Waals surface area contributed by atoms with Gasteiger partial charge in [-0.1, -0.05) is 36.4 Å². The molecule has 2 atom stereocenters. The molecule has 152 valence electrons. The molecule has 2 saturated heterocycles. The second-order valence-electron chi connectivity index (χ2n) is 8.85. The number of methoxy groups -OCH3 is 1. The van der Waals surface area contributed by atoms with Crippen molar-refractivity contribution in [3.05, 3.63) is 65.2 Å². The number of likely N-dealkylation sites (tertiary alicyclic amines) is 2. The summed E-state index contributed by atoms with van der Waals surface area (Å²) in [5.41, 5.74) is 4.24. The van der Waals surface area contributed by atoms with Crippen LogP contribution in [0.4, 0.5) is 0 Å². The Morgan fingerprint density at radius 2 is 1.72 bits per heavy atom. The Labute approximate surface area is 173 Å². The average Bonchev–Trinajstić information content (AvgIpc) is 3.20. The minimum absolute atomic E-state index is 0.323. The molecule has 0 radical (unpaired) electrons. The summed E-state index contributed by atoms with van der Waals surface area (Å²) in [6.45, 7) is 2.96. The molecule has 2 heterocycles. The molecule has 0 aromatic heterocycles. The van der Waals surface area contributed by atoms with Gasteiger partial charge in [-0.3, -0.25) is 9.69 Å². The molecule has 2 aliphatic heterocycles. The molecular weight excluding hydrogens is 360 g/mol. The summed E-state index contributed by atoms with van der Waals surface area (Å²) in [5.74, 6) is 1.79. The summed E-state index contributed by atoms with van der Waals surface area (Å²) in [7, 11) is 1.68. The summed E-state index contributed by atoms with van der Waals surface area (Å²) in [6, 6.07) is 18.1. The number of carbonyl (C=O) groups excluding carboxylic acids is 1. The first kappa shape index (κ1) is 18.7. The van der Waals surface area contributed by atoms with Gasteiger partial charge in [-0.2, -0.15) is 0 Å². The van der Waals surface area contributed by atoms with Crippen LogP contribution in [0.1, 0.15) is 36.0 Å². The van der Waals surface area contributed by atoms with Crippen LogP contribution >= 0.6 is 0 Å². The maximum atomic E-state index is 12.8. The lowest BCUT2D eigenvalue weighted by Crippen LogP contribution is -2.57. The van der Waals surface area contributed by atoms with Crippen LogP contribution in [0.25, 0.3) is 0 Å². The van der Waals surface area contributed by atoms with Gasteiger partial charge >= 0.3 is 0 Å². The van der Waals surface area contributed by atoms with Crippen molar-refractivity contribution in [1.82, 2.24) is 9.80 Å². The molecule has 2 aromatic carbocycles. The lowest BCUT2D eigenvalue weighted by Gasteiger charge is -2.48. The van der Waals surface area contributed by atoms with Crippen molar-refractivity contribution < 1.29 is 9.53 Å². The molecule has 5 rings (SSSR count). The van der Waals surface area contributed by atoms with Gasteiger partial charge in [-0.15, -0.1) is 0 Å². The highest BCUT2D eigenvalue weighted by atomic mass is 16.5. The van der Waals surface area contributed by atoms with Gasteiger partial charge in [0, 0.05) is 38.1 Å². The molecule has 0 spiro atoms. The minimum Gasteiger partial charge on any atom is -0.497 e. The summed E-state index contributed by atoms with van der Waals surface area (Å²) in [5, 5.41) is 0. The van der Waals surface area contributed by atoms with E-state index in [0.29, 0.717) is 30.3 Å². The van der Waals surface area contributed by atoms with E-state index in [1.54, 1.807) is 7.11 Å². The SMILES string of the molecule is COc1ccc(CN2C(=O)CC[C@@H]3CN(C4Cc5ccccc5C4)CC[C@@H]32)cc1. The van der Waals surface area contributed by atoms with Gasteiger partial charge in [0.05, 0.1) is 7.11 Å². The first-order chi connectivity index (χ1) is 14.2. The van der Waals surface area contributed by atoms with Crippen molar-refractivity contribution in [1.29, 1.82) is 0 Å². The number of ether oxygens (including phenoxy) is 1. The van der Waals surface area contributed by atoms with Gasteiger partial charge in [-0.25, -0.2) is 0 Å². The highest BCUT2D eigenvalue weighted by Gasteiger charge is 2.41. The van der Waals surface area contributed by atoms with E-state index in [2.05, 4.69) is 46.2 Å². The predicted octanol–water partition coefficient (Wildman–Crippen LogP) is 3.68. The summed E-state index contributed by atoms with van der Waals surface area (Å²) in [4.78, 5) is 17.6. The van der Waals surface area contributed by atoms with Crippen LogP contribution in [0.3, 0.4) is 0 Å². The van der Waals surface area contributed by atoms with Gasteiger partial charge in [0.1, 0.15) is 5.75 Å². The molecule has 0 saturated carbocycles. The molecule has 2 fully saturated rings. The van der Waals surface area contributed by atoms with E-state index in [0.717, 1.165) is 38.2 Å². The van der Waals surface area contributed by atoms with Crippen molar-refractivity contribution in [3.8, 4) is 5.75 Å². The third-order valence-corrected chi connectivity index (χ3v) is 7.23. The average molecular weight is 391 g/mol. The number of rotatable bonds is 4. The first-order valence-corrected chi connectivity index (χ1v) is 10.9. The maximum Gasteiger partial charge on any atom is 0.223 e. The molecule has 0 N–H and O–H groups in total. The Balaban J connectivity index is 1.26. The maximum absolute atomic E-state index is 12.8. The third-order valence-electron chi connectivity index (χ3n) is 7.23. The van der Waals surface area contributed by atoms with Gasteiger partial charge in [-0.05, 0) is 60.4 Å². The van der Waals surface area contributed by atoms with Crippen molar-refractivity contribution in [2.75, 3.05) is 20.2 Å². The van der Waals surface area contributed by atoms with Crippen molar-refractivity contribution in [2.24, 2.45) is 5.92 Å². The van der Waals surface area contributed by atoms with Crippen LogP contribution in [-0.2, 0) is 24.2 Å². The number of hydrogen-bond donors (Lipinski definition) is 0. The number of fused-ring (bicyclic) bond motifs is 2. The van der Waals surface area contributed by atoms with Gasteiger partial charge < -0.3 is 9.64 Å². The van der Waals surface area contributed by atoms with E-state index in [1.165, 1.54) is 29.5 Å². The molecular formula is C25H30N2O2. The van der Waals surface area contributed by atoms with Gasteiger partial charge in [0.25, 0.3) is 0 Å². The molecule has 0 unspecified atom stereocenters. The Morgan fingerprint density at radius 1 is 1.00 bits per heavy atom. The number of hydrogen-bond acceptors (Lipinski definition) is 3. The van der Waals surface area contributed by atoms with Crippen LogP contribution in [0.5, 0.6) is 5.75 Å². The van der Waals surface area contributed by atoms with Crippen LogP contribution < -0.4 is 4.74 Å². The standard InChI is InChI=1S/C25H30N2O2/c1-29-23-9-6-18(7-10-23)16-27-24-12-13-26(17-21(24)8-11-25(27)28)22-14-19-4-2-3-5-20(19)15-22/h2-7,9-10,21-22,24H,8,11-17H2,1H3/t21-,24+/m1/s1. The molecule has 1 aliphatic carbocycles. The van der Waals surface area contributed by atoms with Crippen LogP contribution in [0, 0.1) is 5.92 Å². The zero-order valence-corrected chi connectivity index (χ0v) is 17.2. The normalized spacial score (nSPS) is 25.0. The van der Waals surface area contributed by atoms with E-state index in [-0.39, 0.29) is 0 Å². The Bertz CT molecular complexity index is 854. The molecule has 4 nitrogen and oxygen atoms in total. The lowest BCUT2D eigenvalue weighted by molar-refractivity contribution is -0.142. The monoisotopic (exact) mass is 390 g/mol. The van der Waals surface area contributed by atoms with Gasteiger partial charge in [0.15, 0.2) is 0 Å². The fourth-order valence-corrected chi connectivity index (χ4v) is 5.64. The molecule has 29 heavy (non-hydrogen) atoms. The first-order valence-electron chi connectivity index (χ1n) is 10.9. The van der Waals surface area contributed by atoms with Crippen LogP contribution in [0.2, 0.25) is 0 Å². The van der Waals surface area contributed by atoms with Crippen molar-refractivity contribution in [2.45, 2.75) is 50.7 Å². The van der Waals surface area contributed by atoms with E-state index in [4.69, 9.17) is 4.74 Å². The number of piperidine rings is 2. The van der Waals surface area contributed by atoms with Gasteiger partial charge in [0.2, 0.25) is 5.91 Å². The third kappa shape index (κ3) is 3.66. The summed E-state index contributed by atoms with van der Waals surface area (Å²) in [6.07, 6.45) is 5.19. The number of benzene rings is 2. The smallest absolute Gasteiger partial charge is 0.223 e. The van der Waals surface area contributed by atoms with Crippen molar-refractivity contribution >= 4 is 5.91 Å². The molecule has 4 heteroatoms. The number of nitrogens with zero attached hydrogens (tertiary/aromatic N) is 2. The fourth-order valence-electron chi connectivity index (χ4n) is 5.64. The molecule has 2 aromatic rings. The summed E-state index contributed by atoms with van der Waals surface area (Å²) >= 11 is 0. The zero-order chi connectivity index (χ0) is 19.8. The zero-order valence-electron chi connectivity index (χ0n) is 17.2.